The summed E-state index contributed by atoms with van der Waals surface area (Å²) >= 11 is 0. The maximum Gasteiger partial charge on any atom is 0.342 e. The van der Waals surface area contributed by atoms with Gasteiger partial charge in [0, 0.05) is 18.4 Å². The predicted molar refractivity (Wildman–Crippen MR) is 104 cm³/mol. The summed E-state index contributed by atoms with van der Waals surface area (Å²) in [6.07, 6.45) is 5.25. The largest absolute Gasteiger partial charge is 0.507 e. The highest BCUT2D eigenvalue weighted by Crippen LogP contribution is 2.30. The van der Waals surface area contributed by atoms with Gasteiger partial charge in [-0.05, 0) is 31.1 Å². The highest BCUT2D eigenvalue weighted by molar-refractivity contribution is 5.97. The highest BCUT2D eigenvalue weighted by Gasteiger charge is 2.23. The average Bonchev–Trinajstić information content (AvgIpc) is 2.60. The van der Waals surface area contributed by atoms with Crippen LogP contribution in [-0.4, -0.2) is 52.2 Å². The lowest BCUT2D eigenvalue weighted by atomic mass is 10.0. The molecule has 1 aromatic carbocycles. The van der Waals surface area contributed by atoms with Crippen molar-refractivity contribution in [3.63, 3.8) is 0 Å². The first-order valence-corrected chi connectivity index (χ1v) is 8.51. The van der Waals surface area contributed by atoms with Gasteiger partial charge in [-0.1, -0.05) is 25.2 Å². The van der Waals surface area contributed by atoms with E-state index < -0.39 is 18.2 Å². The third kappa shape index (κ3) is 6.49. The number of ketones is 1. The molecule has 0 spiro atoms. The Morgan fingerprint density at radius 3 is 2.43 bits per heavy atom. The molecule has 1 heterocycles. The van der Waals surface area contributed by atoms with Crippen molar-refractivity contribution in [3.05, 3.63) is 41.5 Å². The fourth-order valence-electron chi connectivity index (χ4n) is 2.53. The van der Waals surface area contributed by atoms with Gasteiger partial charge < -0.3 is 30.6 Å². The summed E-state index contributed by atoms with van der Waals surface area (Å²) < 4.78 is 10.6. The molecule has 6 N–H and O–H groups in total. The van der Waals surface area contributed by atoms with Gasteiger partial charge in [0.2, 0.25) is 0 Å². The van der Waals surface area contributed by atoms with Crippen LogP contribution in [0.4, 0.5) is 0 Å². The van der Waals surface area contributed by atoms with Gasteiger partial charge >= 0.3 is 5.97 Å². The standard InChI is InChI=1S/C20H24O6.2H2O/c1-12-4-6-15(21)8-9-16(22)7-5-14-10-17(25-3)11-18(23)19(14)20(24)26-13(12)2;;/h4-7,10-13,16,22-23H,8-9H2,1-3H3;2*1H2/b6-4-,7-5+;;/t12-,13+,16?;;/m1../s1. The Labute approximate surface area is 163 Å². The Kier molecular flexibility index (Phi) is 10.2. The van der Waals surface area contributed by atoms with E-state index in [0.29, 0.717) is 11.3 Å². The Morgan fingerprint density at radius 1 is 1.11 bits per heavy atom. The van der Waals surface area contributed by atoms with E-state index in [9.17, 15) is 19.8 Å². The molecule has 0 aromatic heterocycles. The van der Waals surface area contributed by atoms with Gasteiger partial charge in [-0.3, -0.25) is 4.79 Å². The van der Waals surface area contributed by atoms with E-state index in [2.05, 4.69) is 0 Å². The van der Waals surface area contributed by atoms with Crippen molar-refractivity contribution in [1.82, 2.24) is 0 Å². The van der Waals surface area contributed by atoms with Crippen LogP contribution in [0.15, 0.2) is 30.4 Å². The van der Waals surface area contributed by atoms with Crippen LogP contribution in [0.25, 0.3) is 6.08 Å². The molecule has 1 aromatic rings. The first-order chi connectivity index (χ1) is 12.3. The lowest BCUT2D eigenvalue weighted by molar-refractivity contribution is -0.115. The monoisotopic (exact) mass is 396 g/mol. The summed E-state index contributed by atoms with van der Waals surface area (Å²) in [7, 11) is 1.45. The molecule has 8 heteroatoms. The second kappa shape index (κ2) is 11.2. The van der Waals surface area contributed by atoms with Crippen molar-refractivity contribution >= 4 is 17.8 Å². The molecule has 1 unspecified atom stereocenters. The number of allylic oxidation sites excluding steroid dienone is 1. The van der Waals surface area contributed by atoms with E-state index in [0.717, 1.165) is 0 Å². The molecule has 0 fully saturated rings. The Balaban J connectivity index is 0.00000364. The molecule has 1 aliphatic heterocycles. The summed E-state index contributed by atoms with van der Waals surface area (Å²) in [6, 6.07) is 2.91. The lowest BCUT2D eigenvalue weighted by Gasteiger charge is -2.19. The number of aliphatic hydroxyl groups is 1. The second-order valence-electron chi connectivity index (χ2n) is 6.37. The van der Waals surface area contributed by atoms with Gasteiger partial charge in [0.05, 0.1) is 13.2 Å². The number of cyclic esters (lactones) is 1. The number of esters is 1. The van der Waals surface area contributed by atoms with Crippen molar-refractivity contribution in [2.75, 3.05) is 7.11 Å². The normalized spacial score (nSPS) is 25.1. The minimum Gasteiger partial charge on any atom is -0.507 e. The van der Waals surface area contributed by atoms with E-state index in [4.69, 9.17) is 9.47 Å². The summed E-state index contributed by atoms with van der Waals surface area (Å²) in [4.78, 5) is 24.4. The minimum atomic E-state index is -0.858. The van der Waals surface area contributed by atoms with Gasteiger partial charge in [0.25, 0.3) is 0 Å². The number of phenols is 1. The first kappa shape index (κ1) is 25.3. The topological polar surface area (TPSA) is 156 Å². The fraction of sp³-hybridized carbons (Fsp3) is 0.400. The molecule has 28 heavy (non-hydrogen) atoms. The number of methoxy groups -OCH3 is 1. The van der Waals surface area contributed by atoms with Crippen LogP contribution in [0.2, 0.25) is 0 Å². The third-order valence-electron chi connectivity index (χ3n) is 4.36. The number of aliphatic hydroxyl groups excluding tert-OH is 1. The number of aromatic hydroxyl groups is 1. The van der Waals surface area contributed by atoms with Crippen molar-refractivity contribution in [2.45, 2.75) is 38.9 Å². The molecular formula is C20H28O8. The van der Waals surface area contributed by atoms with E-state index >= 15 is 0 Å². The molecule has 0 aliphatic carbocycles. The molecular weight excluding hydrogens is 368 g/mol. The van der Waals surface area contributed by atoms with E-state index in [1.165, 1.54) is 31.4 Å². The number of rotatable bonds is 1. The molecule has 1 aliphatic rings. The summed E-state index contributed by atoms with van der Waals surface area (Å²) in [5.74, 6) is -0.861. The number of fused-ring (bicyclic) bond motifs is 1. The zero-order valence-corrected chi connectivity index (χ0v) is 16.1. The lowest BCUT2D eigenvalue weighted by Crippen LogP contribution is -2.22. The summed E-state index contributed by atoms with van der Waals surface area (Å²) in [5.41, 5.74) is 0.370. The van der Waals surface area contributed by atoms with Crippen LogP contribution >= 0.6 is 0 Å². The Morgan fingerprint density at radius 2 is 1.79 bits per heavy atom. The smallest absolute Gasteiger partial charge is 0.342 e. The van der Waals surface area contributed by atoms with Crippen LogP contribution in [-0.2, 0) is 9.53 Å². The highest BCUT2D eigenvalue weighted by atomic mass is 16.5. The van der Waals surface area contributed by atoms with Crippen molar-refractivity contribution in [3.8, 4) is 11.5 Å². The average molecular weight is 396 g/mol. The Hall–Kier alpha value is -2.68. The third-order valence-corrected chi connectivity index (χ3v) is 4.36. The number of benzene rings is 1. The maximum atomic E-state index is 12.6. The summed E-state index contributed by atoms with van der Waals surface area (Å²) in [6.45, 7) is 3.56. The van der Waals surface area contributed by atoms with Gasteiger partial charge in [0.15, 0.2) is 5.78 Å². The predicted octanol–water partition coefficient (Wildman–Crippen LogP) is 1.23. The van der Waals surface area contributed by atoms with Crippen molar-refractivity contribution in [1.29, 1.82) is 0 Å². The minimum absolute atomic E-state index is 0. The van der Waals surface area contributed by atoms with Gasteiger partial charge in [-0.25, -0.2) is 4.79 Å². The molecule has 2 rings (SSSR count). The number of ether oxygens (including phenoxy) is 2. The first-order valence-electron chi connectivity index (χ1n) is 8.51. The molecule has 0 saturated heterocycles. The molecule has 0 radical (unpaired) electrons. The van der Waals surface area contributed by atoms with Crippen LogP contribution < -0.4 is 4.74 Å². The van der Waals surface area contributed by atoms with E-state index in [1.807, 2.05) is 6.92 Å². The molecule has 0 amide bonds. The van der Waals surface area contributed by atoms with E-state index in [1.54, 1.807) is 19.1 Å². The second-order valence-corrected chi connectivity index (χ2v) is 6.37. The van der Waals surface area contributed by atoms with E-state index in [-0.39, 0.29) is 46.8 Å². The molecule has 0 saturated carbocycles. The van der Waals surface area contributed by atoms with Crippen LogP contribution in [0, 0.1) is 5.92 Å². The van der Waals surface area contributed by atoms with Crippen molar-refractivity contribution < 1.29 is 40.2 Å². The van der Waals surface area contributed by atoms with Gasteiger partial charge in [-0.2, -0.15) is 0 Å². The number of carbonyl (C=O) groups is 2. The van der Waals surface area contributed by atoms with Crippen LogP contribution in [0.3, 0.4) is 0 Å². The number of carbonyl (C=O) groups excluding carboxylic acids is 2. The number of hydrogen-bond donors (Lipinski definition) is 2. The van der Waals surface area contributed by atoms with Crippen molar-refractivity contribution in [2.24, 2.45) is 5.92 Å². The maximum absolute atomic E-state index is 12.6. The quantitative estimate of drug-likeness (QED) is 0.680. The molecule has 156 valence electrons. The van der Waals surface area contributed by atoms with Crippen LogP contribution in [0.5, 0.6) is 11.5 Å². The molecule has 8 nitrogen and oxygen atoms in total. The van der Waals surface area contributed by atoms with Gasteiger partial charge in [0.1, 0.15) is 23.2 Å². The molecule has 3 atom stereocenters. The zero-order valence-electron chi connectivity index (χ0n) is 16.1. The SMILES string of the molecule is COc1cc(O)c2c(c1)/C=C/C(O)CCC(=O)/C=C\[C@@H](C)[C@H](C)OC2=O.O.O. The number of hydrogen-bond acceptors (Lipinski definition) is 6. The fourth-order valence-corrected chi connectivity index (χ4v) is 2.53. The Bertz CT molecular complexity index is 738. The molecule has 0 bridgehead atoms. The van der Waals surface area contributed by atoms with Gasteiger partial charge in [-0.15, -0.1) is 0 Å². The van der Waals surface area contributed by atoms with Crippen LogP contribution in [0.1, 0.15) is 42.6 Å². The zero-order chi connectivity index (χ0) is 19.3. The number of phenolic OH excluding ortho intramolecular Hbond substituents is 1. The summed E-state index contributed by atoms with van der Waals surface area (Å²) in [5, 5.41) is 20.3.